The van der Waals surface area contributed by atoms with Gasteiger partial charge in [-0.15, -0.1) is 0 Å². The number of rotatable bonds is 9. The highest BCUT2D eigenvalue weighted by molar-refractivity contribution is 5.95. The second-order valence-corrected chi connectivity index (χ2v) is 6.03. The molecule has 0 saturated heterocycles. The van der Waals surface area contributed by atoms with Gasteiger partial charge in [-0.1, -0.05) is 27.7 Å². The molecule has 2 N–H and O–H groups in total. The normalized spacial score (nSPS) is 12.6. The molecule has 0 aromatic heterocycles. The molecule has 130 valence electrons. The zero-order valence-electron chi connectivity index (χ0n) is 13.3. The molecular formula is C14H24F4N2O2. The van der Waals surface area contributed by atoms with E-state index in [0.29, 0.717) is 12.8 Å². The van der Waals surface area contributed by atoms with Gasteiger partial charge in [-0.2, -0.15) is 17.6 Å². The zero-order chi connectivity index (χ0) is 17.6. The van der Waals surface area contributed by atoms with Gasteiger partial charge in [0.1, 0.15) is 0 Å². The highest BCUT2D eigenvalue weighted by atomic mass is 19.3. The Kier molecular flexibility index (Phi) is 7.83. The zero-order valence-corrected chi connectivity index (χ0v) is 13.3. The summed E-state index contributed by atoms with van der Waals surface area (Å²) < 4.78 is 54.1. The first-order chi connectivity index (χ1) is 9.92. The van der Waals surface area contributed by atoms with Crippen LogP contribution >= 0.6 is 0 Å². The van der Waals surface area contributed by atoms with E-state index in [-0.39, 0.29) is 24.9 Å². The van der Waals surface area contributed by atoms with E-state index >= 15 is 0 Å². The van der Waals surface area contributed by atoms with Crippen molar-refractivity contribution < 1.29 is 27.2 Å². The van der Waals surface area contributed by atoms with Crippen LogP contribution in [0.15, 0.2) is 0 Å². The number of alkyl halides is 4. The molecule has 0 aliphatic carbocycles. The molecule has 2 amide bonds. The van der Waals surface area contributed by atoms with Crippen molar-refractivity contribution in [2.75, 3.05) is 13.1 Å². The molecule has 0 bridgehead atoms. The van der Waals surface area contributed by atoms with Gasteiger partial charge in [0.15, 0.2) is 0 Å². The molecule has 0 atom stereocenters. The fourth-order valence-electron chi connectivity index (χ4n) is 1.46. The highest BCUT2D eigenvalue weighted by Crippen LogP contribution is 2.34. The monoisotopic (exact) mass is 328 g/mol. The number of hydrogen-bond acceptors (Lipinski definition) is 2. The van der Waals surface area contributed by atoms with E-state index in [1.54, 1.807) is 38.3 Å². The number of amides is 2. The third kappa shape index (κ3) is 5.81. The predicted octanol–water partition coefficient (Wildman–Crippen LogP) is 2.58. The lowest BCUT2D eigenvalue weighted by Gasteiger charge is -2.24. The Morgan fingerprint density at radius 3 is 1.27 bits per heavy atom. The number of halogens is 4. The summed E-state index contributed by atoms with van der Waals surface area (Å²) in [7, 11) is 0. The largest absolute Gasteiger partial charge is 0.395 e. The van der Waals surface area contributed by atoms with Crippen LogP contribution in [0.25, 0.3) is 0 Å². The van der Waals surface area contributed by atoms with Crippen LogP contribution in [0.4, 0.5) is 17.6 Å². The van der Waals surface area contributed by atoms with Gasteiger partial charge >= 0.3 is 11.8 Å². The summed E-state index contributed by atoms with van der Waals surface area (Å²) in [6, 6.07) is 0. The average Bonchev–Trinajstić information content (AvgIpc) is 2.37. The lowest BCUT2D eigenvalue weighted by Crippen LogP contribution is -2.59. The smallest absolute Gasteiger partial charge is 0.351 e. The summed E-state index contributed by atoms with van der Waals surface area (Å²) in [5.41, 5.74) is 0. The van der Waals surface area contributed by atoms with Crippen LogP contribution < -0.4 is 10.6 Å². The van der Waals surface area contributed by atoms with Crippen LogP contribution in [0.3, 0.4) is 0 Å². The molecule has 0 radical (unpaired) electrons. The Morgan fingerprint density at radius 1 is 0.773 bits per heavy atom. The molecule has 0 heterocycles. The fraction of sp³-hybridized carbons (Fsp3) is 0.857. The van der Waals surface area contributed by atoms with E-state index in [0.717, 1.165) is 0 Å². The minimum absolute atomic E-state index is 0.119. The van der Waals surface area contributed by atoms with Gasteiger partial charge in [0, 0.05) is 13.1 Å². The van der Waals surface area contributed by atoms with E-state index in [9.17, 15) is 27.2 Å². The molecule has 0 aromatic rings. The Hall–Kier alpha value is -1.34. The van der Waals surface area contributed by atoms with Gasteiger partial charge in [0.25, 0.3) is 11.8 Å². The lowest BCUT2D eigenvalue weighted by molar-refractivity contribution is -0.211. The summed E-state index contributed by atoms with van der Waals surface area (Å²) in [6.45, 7) is 6.86. The van der Waals surface area contributed by atoms with Crippen molar-refractivity contribution >= 4 is 11.8 Å². The first kappa shape index (κ1) is 20.7. The minimum atomic E-state index is -5.09. The van der Waals surface area contributed by atoms with Crippen molar-refractivity contribution in [2.45, 2.75) is 52.4 Å². The predicted molar refractivity (Wildman–Crippen MR) is 74.8 cm³/mol. The molecule has 0 rings (SSSR count). The molecule has 8 heteroatoms. The maximum absolute atomic E-state index is 13.5. The van der Waals surface area contributed by atoms with Gasteiger partial charge in [-0.05, 0) is 24.7 Å². The first-order valence-electron chi connectivity index (χ1n) is 7.25. The number of hydrogen-bond donors (Lipinski definition) is 2. The lowest BCUT2D eigenvalue weighted by atomic mass is 10.1. The summed E-state index contributed by atoms with van der Waals surface area (Å²) >= 11 is 0. The highest BCUT2D eigenvalue weighted by Gasteiger charge is 2.66. The molecule has 0 aromatic carbocycles. The molecule has 0 aliphatic rings. The topological polar surface area (TPSA) is 58.2 Å². The Balaban J connectivity index is 4.69. The van der Waals surface area contributed by atoms with Crippen LogP contribution in [0, 0.1) is 11.8 Å². The summed E-state index contributed by atoms with van der Waals surface area (Å²) in [5.74, 6) is -14.2. The number of nitrogens with one attached hydrogen (secondary N) is 2. The summed E-state index contributed by atoms with van der Waals surface area (Å²) in [4.78, 5) is 22.5. The molecule has 0 saturated carbocycles. The summed E-state index contributed by atoms with van der Waals surface area (Å²) in [6.07, 6.45) is 0.738. The van der Waals surface area contributed by atoms with Gasteiger partial charge < -0.3 is 10.6 Å². The van der Waals surface area contributed by atoms with Crippen LogP contribution in [0.1, 0.15) is 40.5 Å². The molecule has 22 heavy (non-hydrogen) atoms. The van der Waals surface area contributed by atoms with Crippen molar-refractivity contribution in [3.05, 3.63) is 0 Å². The molecule has 0 fully saturated rings. The average molecular weight is 328 g/mol. The second kappa shape index (κ2) is 8.33. The Morgan fingerprint density at radius 2 is 1.05 bits per heavy atom. The quantitative estimate of drug-likeness (QED) is 0.639. The fourth-order valence-corrected chi connectivity index (χ4v) is 1.46. The molecule has 0 spiro atoms. The van der Waals surface area contributed by atoms with Gasteiger partial charge in [0.05, 0.1) is 0 Å². The third-order valence-corrected chi connectivity index (χ3v) is 2.98. The van der Waals surface area contributed by atoms with E-state index in [1.807, 2.05) is 0 Å². The SMILES string of the molecule is CC(C)CCNC(=O)C(F)(F)C(F)(F)C(=O)NCCC(C)C. The first-order valence-corrected chi connectivity index (χ1v) is 7.25. The van der Waals surface area contributed by atoms with Crippen molar-refractivity contribution in [1.82, 2.24) is 10.6 Å². The molecule has 4 nitrogen and oxygen atoms in total. The molecule has 0 unspecified atom stereocenters. The van der Waals surface area contributed by atoms with Crippen molar-refractivity contribution in [3.8, 4) is 0 Å². The van der Waals surface area contributed by atoms with Crippen LogP contribution in [0.2, 0.25) is 0 Å². The maximum atomic E-state index is 13.5. The van der Waals surface area contributed by atoms with E-state index in [2.05, 4.69) is 0 Å². The second-order valence-electron chi connectivity index (χ2n) is 6.03. The minimum Gasteiger partial charge on any atom is -0.351 e. The van der Waals surface area contributed by atoms with E-state index in [4.69, 9.17) is 0 Å². The van der Waals surface area contributed by atoms with Gasteiger partial charge in [-0.25, -0.2) is 0 Å². The van der Waals surface area contributed by atoms with Crippen LogP contribution in [-0.2, 0) is 9.59 Å². The Labute approximate surface area is 128 Å². The number of carbonyl (C=O) groups excluding carboxylic acids is 2. The summed E-state index contributed by atoms with van der Waals surface area (Å²) in [5, 5.41) is 3.48. The standard InChI is InChI=1S/C14H24F4N2O2/c1-9(2)5-7-19-11(21)13(15,16)14(17,18)12(22)20-8-6-10(3)4/h9-10H,5-8H2,1-4H3,(H,19,21)(H,20,22). The maximum Gasteiger partial charge on any atom is 0.395 e. The number of carbonyl (C=O) groups is 2. The molecule has 0 aliphatic heterocycles. The van der Waals surface area contributed by atoms with Gasteiger partial charge in [-0.3, -0.25) is 9.59 Å². The van der Waals surface area contributed by atoms with E-state index < -0.39 is 23.7 Å². The van der Waals surface area contributed by atoms with Crippen molar-refractivity contribution in [2.24, 2.45) is 11.8 Å². The van der Waals surface area contributed by atoms with Crippen molar-refractivity contribution in [3.63, 3.8) is 0 Å². The van der Waals surface area contributed by atoms with Crippen LogP contribution in [-0.4, -0.2) is 36.7 Å². The van der Waals surface area contributed by atoms with Crippen molar-refractivity contribution in [1.29, 1.82) is 0 Å². The van der Waals surface area contributed by atoms with E-state index in [1.165, 1.54) is 0 Å². The molecular weight excluding hydrogens is 304 g/mol. The van der Waals surface area contributed by atoms with Crippen LogP contribution in [0.5, 0.6) is 0 Å². The Bertz CT molecular complexity index is 349. The van der Waals surface area contributed by atoms with Gasteiger partial charge in [0.2, 0.25) is 0 Å². The third-order valence-electron chi connectivity index (χ3n) is 2.98.